The Kier molecular flexibility index (Phi) is 3.62. The highest BCUT2D eigenvalue weighted by Gasteiger charge is 2.31. The van der Waals surface area contributed by atoms with Crippen LogP contribution in [-0.2, 0) is 4.84 Å². The molecule has 1 aromatic rings. The van der Waals surface area contributed by atoms with Crippen LogP contribution in [0.15, 0.2) is 24.3 Å². The van der Waals surface area contributed by atoms with Gasteiger partial charge in [0.05, 0.1) is 6.10 Å². The fourth-order valence-electron chi connectivity index (χ4n) is 2.92. The summed E-state index contributed by atoms with van der Waals surface area (Å²) in [5, 5.41) is 0. The maximum absolute atomic E-state index is 12.8. The lowest BCUT2D eigenvalue weighted by molar-refractivity contribution is -0.0575. The first kappa shape index (κ1) is 12.1. The van der Waals surface area contributed by atoms with Crippen molar-refractivity contribution in [3.63, 3.8) is 0 Å². The van der Waals surface area contributed by atoms with Crippen LogP contribution in [-0.4, -0.2) is 12.1 Å². The van der Waals surface area contributed by atoms with Gasteiger partial charge in [0.25, 0.3) is 0 Å². The molecule has 2 nitrogen and oxygen atoms in total. The summed E-state index contributed by atoms with van der Waals surface area (Å²) in [6, 6.07) is 7.36. The molecule has 0 unspecified atom stereocenters. The molecule has 0 bridgehead atoms. The summed E-state index contributed by atoms with van der Waals surface area (Å²) in [5.74, 6) is 0.410. The molecule has 0 heterocycles. The molecule has 3 heteroatoms. The minimum atomic E-state index is -0.155. The number of hydrogen-bond acceptors (Lipinski definition) is 2. The lowest BCUT2D eigenvalue weighted by Crippen LogP contribution is -2.41. The molecule has 2 fully saturated rings. The van der Waals surface area contributed by atoms with Gasteiger partial charge in [0.1, 0.15) is 5.82 Å². The monoisotopic (exact) mass is 249 g/mol. The number of halogens is 1. The van der Waals surface area contributed by atoms with Gasteiger partial charge in [-0.15, -0.1) is 0 Å². The Labute approximate surface area is 107 Å². The second kappa shape index (κ2) is 5.37. The van der Waals surface area contributed by atoms with Gasteiger partial charge in [-0.3, -0.25) is 4.84 Å². The van der Waals surface area contributed by atoms with Crippen molar-refractivity contribution in [1.29, 1.82) is 0 Å². The fourth-order valence-corrected chi connectivity index (χ4v) is 2.92. The van der Waals surface area contributed by atoms with Crippen LogP contribution in [0, 0.1) is 5.82 Å². The molecule has 98 valence electrons. The quantitative estimate of drug-likeness (QED) is 0.824. The molecule has 0 aromatic heterocycles. The molecule has 3 rings (SSSR count). The van der Waals surface area contributed by atoms with Gasteiger partial charge in [0.2, 0.25) is 0 Å². The van der Waals surface area contributed by atoms with Crippen molar-refractivity contribution in [3.05, 3.63) is 35.6 Å². The highest BCUT2D eigenvalue weighted by Crippen LogP contribution is 2.37. The van der Waals surface area contributed by atoms with Gasteiger partial charge >= 0.3 is 0 Å². The van der Waals surface area contributed by atoms with E-state index in [9.17, 15) is 4.39 Å². The number of hydrogen-bond donors (Lipinski definition) is 1. The zero-order chi connectivity index (χ0) is 12.4. The van der Waals surface area contributed by atoms with E-state index in [1.54, 1.807) is 12.1 Å². The van der Waals surface area contributed by atoms with Crippen molar-refractivity contribution < 1.29 is 9.23 Å². The van der Waals surface area contributed by atoms with Crippen molar-refractivity contribution in [1.82, 2.24) is 5.48 Å². The second-order valence-electron chi connectivity index (χ2n) is 5.56. The fraction of sp³-hybridized carbons (Fsp3) is 0.600. The largest absolute Gasteiger partial charge is 0.298 e. The Bertz CT molecular complexity index is 380. The predicted molar refractivity (Wildman–Crippen MR) is 68.6 cm³/mol. The number of rotatable bonds is 4. The zero-order valence-corrected chi connectivity index (χ0v) is 10.6. The van der Waals surface area contributed by atoms with Crippen LogP contribution in [0.25, 0.3) is 0 Å². The first-order valence-corrected chi connectivity index (χ1v) is 6.98. The van der Waals surface area contributed by atoms with Gasteiger partial charge in [-0.05, 0) is 49.3 Å². The summed E-state index contributed by atoms with van der Waals surface area (Å²) < 4.78 is 12.8. The maximum Gasteiger partial charge on any atom is 0.123 e. The topological polar surface area (TPSA) is 21.3 Å². The van der Waals surface area contributed by atoms with Gasteiger partial charge in [-0.25, -0.2) is 4.39 Å². The number of nitrogens with one attached hydrogen (secondary N) is 1. The van der Waals surface area contributed by atoms with Gasteiger partial charge in [-0.2, -0.15) is 5.48 Å². The van der Waals surface area contributed by atoms with Crippen LogP contribution in [0.3, 0.4) is 0 Å². The van der Waals surface area contributed by atoms with E-state index in [4.69, 9.17) is 4.84 Å². The van der Waals surface area contributed by atoms with Crippen LogP contribution in [0.5, 0.6) is 0 Å². The summed E-state index contributed by atoms with van der Waals surface area (Å²) >= 11 is 0. The molecule has 0 amide bonds. The van der Waals surface area contributed by atoms with E-state index in [1.807, 2.05) is 12.1 Å². The molecule has 0 radical (unpaired) electrons. The zero-order valence-electron chi connectivity index (χ0n) is 10.6. The lowest BCUT2D eigenvalue weighted by Gasteiger charge is -2.36. The van der Waals surface area contributed by atoms with Crippen molar-refractivity contribution >= 4 is 0 Å². The van der Waals surface area contributed by atoms with Crippen molar-refractivity contribution in [2.45, 2.75) is 56.6 Å². The summed E-state index contributed by atoms with van der Waals surface area (Å²) in [6.07, 6.45) is 7.61. The van der Waals surface area contributed by atoms with E-state index >= 15 is 0 Å². The third-order valence-electron chi connectivity index (χ3n) is 4.18. The highest BCUT2D eigenvalue weighted by molar-refractivity contribution is 5.23. The molecule has 0 saturated heterocycles. The molecule has 1 aromatic carbocycles. The van der Waals surface area contributed by atoms with Crippen molar-refractivity contribution in [2.24, 2.45) is 0 Å². The Morgan fingerprint density at radius 3 is 2.39 bits per heavy atom. The summed E-state index contributed by atoms with van der Waals surface area (Å²) in [4.78, 5) is 5.70. The molecule has 0 spiro atoms. The van der Waals surface area contributed by atoms with Crippen LogP contribution in [0.1, 0.15) is 50.0 Å². The minimum Gasteiger partial charge on any atom is -0.298 e. The smallest absolute Gasteiger partial charge is 0.123 e. The van der Waals surface area contributed by atoms with E-state index < -0.39 is 0 Å². The maximum atomic E-state index is 12.8. The Hall–Kier alpha value is -0.930. The predicted octanol–water partition coefficient (Wildman–Crippen LogP) is 3.54. The van der Waals surface area contributed by atoms with E-state index in [0.717, 1.165) is 12.8 Å². The van der Waals surface area contributed by atoms with E-state index in [0.29, 0.717) is 18.1 Å². The Morgan fingerprint density at radius 2 is 1.72 bits per heavy atom. The molecule has 2 saturated carbocycles. The van der Waals surface area contributed by atoms with Crippen LogP contribution < -0.4 is 5.48 Å². The third kappa shape index (κ3) is 2.73. The van der Waals surface area contributed by atoms with Gasteiger partial charge in [0, 0.05) is 6.04 Å². The Morgan fingerprint density at radius 1 is 1.06 bits per heavy atom. The summed E-state index contributed by atoms with van der Waals surface area (Å²) in [7, 11) is 0. The molecule has 2 aliphatic carbocycles. The van der Waals surface area contributed by atoms with Gasteiger partial charge in [-0.1, -0.05) is 25.0 Å². The molecule has 0 atom stereocenters. The average molecular weight is 249 g/mol. The molecule has 1 N–H and O–H groups in total. The molecular formula is C15H20FNO. The van der Waals surface area contributed by atoms with E-state index in [1.165, 1.54) is 31.2 Å². The van der Waals surface area contributed by atoms with Crippen LogP contribution in [0.4, 0.5) is 4.39 Å². The van der Waals surface area contributed by atoms with Crippen molar-refractivity contribution in [3.8, 4) is 0 Å². The summed E-state index contributed by atoms with van der Waals surface area (Å²) in [6.45, 7) is 0. The molecule has 2 aliphatic rings. The van der Waals surface area contributed by atoms with Crippen LogP contribution in [0.2, 0.25) is 0 Å². The molecule has 0 aliphatic heterocycles. The highest BCUT2D eigenvalue weighted by atomic mass is 19.1. The number of benzene rings is 1. The van der Waals surface area contributed by atoms with Gasteiger partial charge in [0.15, 0.2) is 0 Å². The SMILES string of the molecule is Fc1ccc(C2CC(NOC3CCCC3)C2)cc1. The Balaban J connectivity index is 1.41. The van der Waals surface area contributed by atoms with E-state index in [-0.39, 0.29) is 5.82 Å². The number of hydroxylamine groups is 1. The van der Waals surface area contributed by atoms with Gasteiger partial charge < -0.3 is 0 Å². The average Bonchev–Trinajstić information content (AvgIpc) is 2.82. The first-order valence-electron chi connectivity index (χ1n) is 6.98. The third-order valence-corrected chi connectivity index (χ3v) is 4.18. The van der Waals surface area contributed by atoms with Crippen LogP contribution >= 0.6 is 0 Å². The molecular weight excluding hydrogens is 229 g/mol. The second-order valence-corrected chi connectivity index (χ2v) is 5.56. The van der Waals surface area contributed by atoms with Crippen molar-refractivity contribution in [2.75, 3.05) is 0 Å². The van der Waals surface area contributed by atoms with E-state index in [2.05, 4.69) is 5.48 Å². The summed E-state index contributed by atoms with van der Waals surface area (Å²) in [5.41, 5.74) is 4.44. The first-order chi connectivity index (χ1) is 8.81. The lowest BCUT2D eigenvalue weighted by atomic mass is 9.76. The standard InChI is InChI=1S/C15H20FNO/c16-13-7-5-11(6-8-13)12-9-14(10-12)17-18-15-3-1-2-4-15/h5-8,12,14-15,17H,1-4,9-10H2. The normalized spacial score (nSPS) is 28.3. The minimum absolute atomic E-state index is 0.155. The molecule has 18 heavy (non-hydrogen) atoms.